The van der Waals surface area contributed by atoms with E-state index in [1.54, 1.807) is 0 Å². The maximum atomic E-state index is 8.74. The van der Waals surface area contributed by atoms with E-state index in [0.29, 0.717) is 0 Å². The van der Waals surface area contributed by atoms with Crippen LogP contribution in [0.25, 0.3) is 0 Å². The lowest BCUT2D eigenvalue weighted by molar-refractivity contribution is 0.743. The average molecular weight is 253 g/mol. The molecule has 1 aromatic carbocycles. The van der Waals surface area contributed by atoms with Crippen LogP contribution in [0.2, 0.25) is 0 Å². The Balaban J connectivity index is 2.70. The number of unbranched alkanes of at least 4 members (excludes halogenated alkanes) is 1. The van der Waals surface area contributed by atoms with Crippen LogP contribution in [0.5, 0.6) is 0 Å². The first-order valence-corrected chi connectivity index (χ1v) is 5.46. The Morgan fingerprint density at radius 3 is 2.79 bits per heavy atom. The lowest BCUT2D eigenvalue weighted by Crippen LogP contribution is -1.99. The van der Waals surface area contributed by atoms with Crippen molar-refractivity contribution in [1.29, 1.82) is 5.26 Å². The first kappa shape index (κ1) is 11.2. The van der Waals surface area contributed by atoms with Crippen molar-refractivity contribution in [3.05, 3.63) is 33.8 Å². The van der Waals surface area contributed by atoms with Crippen molar-refractivity contribution in [2.75, 3.05) is 6.54 Å². The van der Waals surface area contributed by atoms with Gasteiger partial charge in [-0.25, -0.2) is 0 Å². The summed E-state index contributed by atoms with van der Waals surface area (Å²) in [7, 11) is 0. The predicted octanol–water partition coefficient (Wildman–Crippen LogP) is 2.60. The van der Waals surface area contributed by atoms with Crippen LogP contribution in [0.1, 0.15) is 24.0 Å². The van der Waals surface area contributed by atoms with Crippen molar-refractivity contribution in [2.24, 2.45) is 5.73 Å². The van der Waals surface area contributed by atoms with E-state index in [0.717, 1.165) is 35.8 Å². The molecule has 14 heavy (non-hydrogen) atoms. The van der Waals surface area contributed by atoms with Gasteiger partial charge < -0.3 is 5.73 Å². The average Bonchev–Trinajstić information content (AvgIpc) is 2.21. The lowest BCUT2D eigenvalue weighted by atomic mass is 10.1. The first-order valence-electron chi connectivity index (χ1n) is 4.66. The zero-order valence-corrected chi connectivity index (χ0v) is 9.55. The van der Waals surface area contributed by atoms with Crippen LogP contribution in [-0.2, 0) is 6.42 Å². The Bertz CT molecular complexity index is 342. The van der Waals surface area contributed by atoms with Gasteiger partial charge >= 0.3 is 0 Å². The monoisotopic (exact) mass is 252 g/mol. The van der Waals surface area contributed by atoms with Crippen LogP contribution in [0.15, 0.2) is 22.7 Å². The number of hydrogen-bond donors (Lipinski definition) is 1. The molecule has 0 aliphatic rings. The Morgan fingerprint density at radius 1 is 1.36 bits per heavy atom. The number of halogens is 1. The number of benzene rings is 1. The fraction of sp³-hybridized carbons (Fsp3) is 0.364. The third-order valence-electron chi connectivity index (χ3n) is 2.08. The van der Waals surface area contributed by atoms with Crippen LogP contribution in [-0.4, -0.2) is 6.54 Å². The van der Waals surface area contributed by atoms with Crippen LogP contribution in [0.4, 0.5) is 0 Å². The molecule has 0 aliphatic carbocycles. The molecule has 0 radical (unpaired) electrons. The highest BCUT2D eigenvalue weighted by Gasteiger charge is 2.00. The van der Waals surface area contributed by atoms with E-state index < -0.39 is 0 Å². The topological polar surface area (TPSA) is 49.8 Å². The van der Waals surface area contributed by atoms with E-state index in [2.05, 4.69) is 22.0 Å². The Labute approximate surface area is 92.9 Å². The van der Waals surface area contributed by atoms with Gasteiger partial charge in [-0.1, -0.05) is 15.9 Å². The van der Waals surface area contributed by atoms with Gasteiger partial charge in [0.2, 0.25) is 0 Å². The van der Waals surface area contributed by atoms with Gasteiger partial charge in [0.25, 0.3) is 0 Å². The summed E-state index contributed by atoms with van der Waals surface area (Å²) in [6, 6.07) is 7.81. The second-order valence-corrected chi connectivity index (χ2v) is 4.02. The maximum absolute atomic E-state index is 8.74. The summed E-state index contributed by atoms with van der Waals surface area (Å²) in [6.45, 7) is 0.732. The van der Waals surface area contributed by atoms with Gasteiger partial charge in [0.05, 0.1) is 11.6 Å². The maximum Gasteiger partial charge on any atom is 0.0991 e. The molecule has 0 saturated heterocycles. The Morgan fingerprint density at radius 2 is 2.14 bits per heavy atom. The number of rotatable bonds is 4. The Kier molecular flexibility index (Phi) is 4.64. The van der Waals surface area contributed by atoms with E-state index in [-0.39, 0.29) is 0 Å². The van der Waals surface area contributed by atoms with Crippen LogP contribution < -0.4 is 5.73 Å². The van der Waals surface area contributed by atoms with Gasteiger partial charge in [-0.2, -0.15) is 5.26 Å². The molecular formula is C11H13BrN2. The smallest absolute Gasteiger partial charge is 0.0991 e. The fourth-order valence-electron chi connectivity index (χ4n) is 1.30. The molecule has 0 fully saturated rings. The molecule has 2 nitrogen and oxygen atoms in total. The van der Waals surface area contributed by atoms with Crippen molar-refractivity contribution in [2.45, 2.75) is 19.3 Å². The number of nitriles is 1. The van der Waals surface area contributed by atoms with Gasteiger partial charge in [-0.05, 0) is 49.6 Å². The van der Waals surface area contributed by atoms with Gasteiger partial charge in [0.15, 0.2) is 0 Å². The van der Waals surface area contributed by atoms with E-state index in [1.807, 2.05) is 18.2 Å². The molecule has 0 aliphatic heterocycles. The SMILES string of the molecule is N#Cc1ccc(Br)c(CCCCN)c1. The third-order valence-corrected chi connectivity index (χ3v) is 2.85. The van der Waals surface area contributed by atoms with E-state index >= 15 is 0 Å². The zero-order chi connectivity index (χ0) is 10.4. The molecule has 0 spiro atoms. The second kappa shape index (κ2) is 5.79. The first-order chi connectivity index (χ1) is 6.77. The van der Waals surface area contributed by atoms with Crippen molar-refractivity contribution in [1.82, 2.24) is 0 Å². The molecule has 74 valence electrons. The standard InChI is InChI=1S/C11H13BrN2/c12-11-5-4-9(8-14)7-10(11)3-1-2-6-13/h4-5,7H,1-3,6,13H2. The summed E-state index contributed by atoms with van der Waals surface area (Å²) in [5, 5.41) is 8.74. The summed E-state index contributed by atoms with van der Waals surface area (Å²) in [5.41, 5.74) is 7.33. The molecule has 1 aromatic rings. The number of aryl methyl sites for hydroxylation is 1. The van der Waals surface area contributed by atoms with Crippen LogP contribution >= 0.6 is 15.9 Å². The highest BCUT2D eigenvalue weighted by Crippen LogP contribution is 2.19. The number of nitrogens with two attached hydrogens (primary N) is 1. The number of nitrogens with zero attached hydrogens (tertiary/aromatic N) is 1. The van der Waals surface area contributed by atoms with Crippen molar-refractivity contribution in [3.8, 4) is 6.07 Å². The minimum atomic E-state index is 0.718. The van der Waals surface area contributed by atoms with Gasteiger partial charge in [0.1, 0.15) is 0 Å². The molecule has 3 heteroatoms. The highest BCUT2D eigenvalue weighted by atomic mass is 79.9. The minimum absolute atomic E-state index is 0.718. The van der Waals surface area contributed by atoms with Gasteiger partial charge in [-0.15, -0.1) is 0 Å². The Hall–Kier alpha value is -0.850. The lowest BCUT2D eigenvalue weighted by Gasteiger charge is -2.03. The molecule has 0 aromatic heterocycles. The summed E-state index contributed by atoms with van der Waals surface area (Å²) in [4.78, 5) is 0. The van der Waals surface area contributed by atoms with E-state index in [9.17, 15) is 0 Å². The largest absolute Gasteiger partial charge is 0.330 e. The molecule has 0 saturated carbocycles. The number of hydrogen-bond acceptors (Lipinski definition) is 2. The van der Waals surface area contributed by atoms with E-state index in [4.69, 9.17) is 11.0 Å². The molecule has 0 heterocycles. The summed E-state index contributed by atoms with van der Waals surface area (Å²) in [5.74, 6) is 0. The van der Waals surface area contributed by atoms with Crippen molar-refractivity contribution >= 4 is 15.9 Å². The van der Waals surface area contributed by atoms with Gasteiger partial charge in [-0.3, -0.25) is 0 Å². The summed E-state index contributed by atoms with van der Waals surface area (Å²) >= 11 is 3.47. The normalized spacial score (nSPS) is 9.79. The second-order valence-electron chi connectivity index (χ2n) is 3.16. The summed E-state index contributed by atoms with van der Waals surface area (Å²) in [6.07, 6.45) is 3.08. The highest BCUT2D eigenvalue weighted by molar-refractivity contribution is 9.10. The molecule has 1 rings (SSSR count). The molecule has 0 amide bonds. The third kappa shape index (κ3) is 3.13. The minimum Gasteiger partial charge on any atom is -0.330 e. The molecule has 0 bridgehead atoms. The zero-order valence-electron chi connectivity index (χ0n) is 7.96. The van der Waals surface area contributed by atoms with Crippen LogP contribution in [0, 0.1) is 11.3 Å². The molecule has 0 atom stereocenters. The van der Waals surface area contributed by atoms with Crippen molar-refractivity contribution < 1.29 is 0 Å². The quantitative estimate of drug-likeness (QED) is 0.838. The van der Waals surface area contributed by atoms with E-state index in [1.165, 1.54) is 5.56 Å². The summed E-state index contributed by atoms with van der Waals surface area (Å²) < 4.78 is 1.08. The molecular weight excluding hydrogens is 240 g/mol. The fourth-order valence-corrected chi connectivity index (χ4v) is 1.74. The van der Waals surface area contributed by atoms with Crippen LogP contribution in [0.3, 0.4) is 0 Å². The van der Waals surface area contributed by atoms with Crippen molar-refractivity contribution in [3.63, 3.8) is 0 Å². The molecule has 2 N–H and O–H groups in total. The predicted molar refractivity (Wildman–Crippen MR) is 60.8 cm³/mol. The van der Waals surface area contributed by atoms with Gasteiger partial charge in [0, 0.05) is 4.47 Å². The molecule has 0 unspecified atom stereocenters.